The lowest BCUT2D eigenvalue weighted by molar-refractivity contribution is -0.125. The van der Waals surface area contributed by atoms with Gasteiger partial charge in [-0.15, -0.1) is 0 Å². The molecule has 2 N–H and O–H groups in total. The average molecular weight is 273 g/mol. The Morgan fingerprint density at radius 1 is 1.25 bits per heavy atom. The molecule has 0 spiro atoms. The van der Waals surface area contributed by atoms with Gasteiger partial charge in [-0.3, -0.25) is 4.79 Å². The van der Waals surface area contributed by atoms with Crippen LogP contribution in [0.15, 0.2) is 24.3 Å². The van der Waals surface area contributed by atoms with Gasteiger partial charge in [0.25, 0.3) is 0 Å². The predicted octanol–water partition coefficient (Wildman–Crippen LogP) is 2.88. The Morgan fingerprint density at radius 2 is 1.90 bits per heavy atom. The van der Waals surface area contributed by atoms with Crippen LogP contribution in [-0.2, 0) is 11.2 Å². The van der Waals surface area contributed by atoms with Crippen LogP contribution >= 0.6 is 0 Å². The monoisotopic (exact) mass is 273 g/mol. The first-order chi connectivity index (χ1) is 9.61. The van der Waals surface area contributed by atoms with Crippen molar-refractivity contribution in [1.82, 2.24) is 5.32 Å². The topological polar surface area (TPSA) is 49.3 Å². The second-order valence-electron chi connectivity index (χ2n) is 6.54. The number of carbonyl (C=O) groups is 1. The van der Waals surface area contributed by atoms with Crippen LogP contribution < -0.4 is 5.32 Å². The van der Waals surface area contributed by atoms with Crippen LogP contribution in [0.5, 0.6) is 5.75 Å². The maximum atomic E-state index is 12.1. The number of hydrogen-bond acceptors (Lipinski definition) is 2. The molecule has 0 bridgehead atoms. The standard InChI is InChI=1S/C17H23NO2/c1-11(2-3-12-4-6-16(19)7-5-12)18-17(20)15-9-13-8-14(13)10-15/h4-7,11,13-15,19H,2-3,8-10H2,1H3,(H,18,20). The Kier molecular flexibility index (Phi) is 3.68. The summed E-state index contributed by atoms with van der Waals surface area (Å²) >= 11 is 0. The van der Waals surface area contributed by atoms with Gasteiger partial charge in [-0.2, -0.15) is 0 Å². The number of benzene rings is 1. The molecule has 1 aromatic rings. The van der Waals surface area contributed by atoms with Gasteiger partial charge in [0, 0.05) is 12.0 Å². The fourth-order valence-electron chi connectivity index (χ4n) is 3.41. The molecule has 3 atom stereocenters. The summed E-state index contributed by atoms with van der Waals surface area (Å²) in [6.45, 7) is 2.08. The first-order valence-electron chi connectivity index (χ1n) is 7.70. The molecule has 0 radical (unpaired) electrons. The van der Waals surface area contributed by atoms with E-state index in [1.165, 1.54) is 12.0 Å². The maximum absolute atomic E-state index is 12.1. The Morgan fingerprint density at radius 3 is 2.55 bits per heavy atom. The SMILES string of the molecule is CC(CCc1ccc(O)cc1)NC(=O)C1CC2CC2C1. The third kappa shape index (κ3) is 3.14. The number of phenols is 1. The third-order valence-corrected chi connectivity index (χ3v) is 4.81. The van der Waals surface area contributed by atoms with Crippen molar-refractivity contribution in [2.75, 3.05) is 0 Å². The minimum absolute atomic E-state index is 0.216. The molecule has 3 nitrogen and oxygen atoms in total. The summed E-state index contributed by atoms with van der Waals surface area (Å²) in [7, 11) is 0. The second-order valence-corrected chi connectivity index (χ2v) is 6.54. The quantitative estimate of drug-likeness (QED) is 0.866. The average Bonchev–Trinajstić information content (AvgIpc) is 3.04. The van der Waals surface area contributed by atoms with Crippen molar-refractivity contribution in [3.8, 4) is 5.75 Å². The van der Waals surface area contributed by atoms with Crippen LogP contribution in [0.4, 0.5) is 0 Å². The summed E-state index contributed by atoms with van der Waals surface area (Å²) in [5.74, 6) is 2.55. The first kappa shape index (κ1) is 13.5. The number of nitrogens with one attached hydrogen (secondary N) is 1. The first-order valence-corrected chi connectivity index (χ1v) is 7.70. The van der Waals surface area contributed by atoms with Crippen molar-refractivity contribution < 1.29 is 9.90 Å². The van der Waals surface area contributed by atoms with E-state index in [1.54, 1.807) is 12.1 Å². The van der Waals surface area contributed by atoms with E-state index in [2.05, 4.69) is 12.2 Å². The fraction of sp³-hybridized carbons (Fsp3) is 0.588. The summed E-state index contributed by atoms with van der Waals surface area (Å²) < 4.78 is 0. The van der Waals surface area contributed by atoms with Crippen molar-refractivity contribution in [3.05, 3.63) is 29.8 Å². The van der Waals surface area contributed by atoms with Gasteiger partial charge in [0.1, 0.15) is 5.75 Å². The van der Waals surface area contributed by atoms with E-state index < -0.39 is 0 Å². The molecular formula is C17H23NO2. The van der Waals surface area contributed by atoms with Crippen molar-refractivity contribution in [2.45, 2.75) is 45.1 Å². The van der Waals surface area contributed by atoms with Gasteiger partial charge < -0.3 is 10.4 Å². The molecule has 3 heteroatoms. The van der Waals surface area contributed by atoms with Gasteiger partial charge in [0.15, 0.2) is 0 Å². The molecular weight excluding hydrogens is 250 g/mol. The highest BCUT2D eigenvalue weighted by Crippen LogP contribution is 2.54. The third-order valence-electron chi connectivity index (χ3n) is 4.81. The summed E-state index contributed by atoms with van der Waals surface area (Å²) in [6, 6.07) is 7.52. The molecule has 2 aliphatic carbocycles. The van der Waals surface area contributed by atoms with E-state index in [4.69, 9.17) is 0 Å². The molecule has 3 rings (SSSR count). The molecule has 108 valence electrons. The van der Waals surface area contributed by atoms with Crippen molar-refractivity contribution in [2.24, 2.45) is 17.8 Å². The van der Waals surface area contributed by atoms with Crippen LogP contribution in [-0.4, -0.2) is 17.1 Å². The Hall–Kier alpha value is -1.51. The van der Waals surface area contributed by atoms with Crippen LogP contribution in [0.25, 0.3) is 0 Å². The molecule has 0 aliphatic heterocycles. The van der Waals surface area contributed by atoms with Crippen molar-refractivity contribution in [3.63, 3.8) is 0 Å². The number of aryl methyl sites for hydroxylation is 1. The Bertz CT molecular complexity index is 472. The van der Waals surface area contributed by atoms with Crippen molar-refractivity contribution in [1.29, 1.82) is 0 Å². The molecule has 1 aromatic carbocycles. The number of carbonyl (C=O) groups excluding carboxylic acids is 1. The van der Waals surface area contributed by atoms with E-state index in [0.717, 1.165) is 37.5 Å². The van der Waals surface area contributed by atoms with Gasteiger partial charge in [-0.25, -0.2) is 0 Å². The van der Waals surface area contributed by atoms with E-state index in [1.807, 2.05) is 12.1 Å². The number of amides is 1. The number of rotatable bonds is 5. The molecule has 0 aromatic heterocycles. The van der Waals surface area contributed by atoms with E-state index >= 15 is 0 Å². The predicted molar refractivity (Wildman–Crippen MR) is 78.4 cm³/mol. The number of fused-ring (bicyclic) bond motifs is 1. The van der Waals surface area contributed by atoms with Crippen LogP contribution in [0.2, 0.25) is 0 Å². The number of phenolic OH excluding ortho intramolecular Hbond substituents is 1. The highest BCUT2D eigenvalue weighted by atomic mass is 16.3. The lowest BCUT2D eigenvalue weighted by Gasteiger charge is -2.18. The van der Waals surface area contributed by atoms with Crippen molar-refractivity contribution >= 4 is 5.91 Å². The molecule has 2 saturated carbocycles. The zero-order valence-corrected chi connectivity index (χ0v) is 12.0. The zero-order chi connectivity index (χ0) is 14.1. The van der Waals surface area contributed by atoms with Crippen LogP contribution in [0.1, 0.15) is 38.2 Å². The maximum Gasteiger partial charge on any atom is 0.223 e. The summed E-state index contributed by atoms with van der Waals surface area (Å²) in [5.41, 5.74) is 1.20. The largest absolute Gasteiger partial charge is 0.508 e. The smallest absolute Gasteiger partial charge is 0.223 e. The fourth-order valence-corrected chi connectivity index (χ4v) is 3.41. The van der Waals surface area contributed by atoms with Crippen LogP contribution in [0.3, 0.4) is 0 Å². The van der Waals surface area contributed by atoms with Gasteiger partial charge in [-0.1, -0.05) is 12.1 Å². The van der Waals surface area contributed by atoms with Gasteiger partial charge in [0.05, 0.1) is 0 Å². The molecule has 2 fully saturated rings. The van der Waals surface area contributed by atoms with E-state index in [-0.39, 0.29) is 17.9 Å². The lowest BCUT2D eigenvalue weighted by atomic mass is 10.0. The zero-order valence-electron chi connectivity index (χ0n) is 12.0. The molecule has 1 amide bonds. The minimum Gasteiger partial charge on any atom is -0.508 e. The lowest BCUT2D eigenvalue weighted by Crippen LogP contribution is -2.37. The second kappa shape index (κ2) is 5.47. The Labute approximate surface area is 120 Å². The summed E-state index contributed by atoms with van der Waals surface area (Å²) in [6.07, 6.45) is 5.45. The minimum atomic E-state index is 0.216. The summed E-state index contributed by atoms with van der Waals surface area (Å²) in [5, 5.41) is 12.4. The number of hydrogen-bond donors (Lipinski definition) is 2. The van der Waals surface area contributed by atoms with Gasteiger partial charge in [0.2, 0.25) is 5.91 Å². The highest BCUT2D eigenvalue weighted by Gasteiger charge is 2.48. The molecule has 0 heterocycles. The van der Waals surface area contributed by atoms with Gasteiger partial charge in [-0.05, 0) is 68.6 Å². The highest BCUT2D eigenvalue weighted by molar-refractivity contribution is 5.79. The molecule has 2 aliphatic rings. The number of aromatic hydroxyl groups is 1. The molecule has 3 unspecified atom stereocenters. The summed E-state index contributed by atoms with van der Waals surface area (Å²) in [4.78, 5) is 12.1. The normalized spacial score (nSPS) is 28.8. The van der Waals surface area contributed by atoms with E-state index in [9.17, 15) is 9.90 Å². The van der Waals surface area contributed by atoms with Gasteiger partial charge >= 0.3 is 0 Å². The van der Waals surface area contributed by atoms with Crippen LogP contribution in [0, 0.1) is 17.8 Å². The van der Waals surface area contributed by atoms with E-state index in [0.29, 0.717) is 5.75 Å². The molecule has 0 saturated heterocycles. The Balaban J connectivity index is 1.41. The molecule has 20 heavy (non-hydrogen) atoms.